The van der Waals surface area contributed by atoms with Crippen LogP contribution >= 0.6 is 0 Å². The van der Waals surface area contributed by atoms with Gasteiger partial charge in [-0.3, -0.25) is 0 Å². The molecule has 252 valence electrons. The Morgan fingerprint density at radius 1 is 0.340 bits per heavy atom. The van der Waals surface area contributed by atoms with E-state index in [1.165, 1.54) is 112 Å². The minimum atomic E-state index is 0.659. The van der Waals surface area contributed by atoms with Gasteiger partial charge in [-0.05, 0) is 28.7 Å². The third-order valence-corrected chi connectivity index (χ3v) is 9.47. The van der Waals surface area contributed by atoms with Crippen LogP contribution in [0.25, 0.3) is 22.3 Å². The van der Waals surface area contributed by atoms with Gasteiger partial charge < -0.3 is 5.73 Å². The maximum atomic E-state index is 5.66. The van der Waals surface area contributed by atoms with Crippen molar-refractivity contribution in [3.05, 3.63) is 98.1 Å². The molecular weight excluding hydrogens is 574 g/mol. The second kappa shape index (κ2) is 22.2. The molecule has 0 atom stereocenters. The molecule has 4 aromatic rings. The van der Waals surface area contributed by atoms with Gasteiger partial charge in [-0.1, -0.05) is 84.0 Å². The number of nitrogens with two attached hydrogens (primary N) is 1. The first kappa shape index (κ1) is 36.4. The summed E-state index contributed by atoms with van der Waals surface area (Å²) in [7, 11) is 0. The Kier molecular flexibility index (Phi) is 17.2. The highest BCUT2D eigenvalue weighted by Crippen LogP contribution is 2.17. The van der Waals surface area contributed by atoms with Crippen LogP contribution in [0.15, 0.2) is 98.1 Å². The van der Waals surface area contributed by atoms with Crippen LogP contribution in [0.4, 0.5) is 0 Å². The molecule has 4 aromatic heterocycles. The van der Waals surface area contributed by atoms with Crippen LogP contribution in [0.2, 0.25) is 0 Å². The van der Waals surface area contributed by atoms with Crippen molar-refractivity contribution in [3.63, 3.8) is 0 Å². The molecule has 5 nitrogen and oxygen atoms in total. The molecule has 0 spiro atoms. The topological polar surface area (TPSA) is 41.5 Å². The van der Waals surface area contributed by atoms with Crippen LogP contribution in [-0.2, 0) is 26.2 Å². The van der Waals surface area contributed by atoms with Gasteiger partial charge in [-0.25, -0.2) is 18.3 Å². The van der Waals surface area contributed by atoms with Crippen molar-refractivity contribution in [1.82, 2.24) is 0 Å². The van der Waals surface area contributed by atoms with Crippen LogP contribution in [0, 0.1) is 0 Å². The zero-order valence-electron chi connectivity index (χ0n) is 29.5. The fourth-order valence-electron chi connectivity index (χ4n) is 6.42. The fraction of sp³-hybridized carbons (Fsp3) is 0.524. The van der Waals surface area contributed by atoms with Crippen molar-refractivity contribution in [2.24, 2.45) is 5.73 Å². The zero-order chi connectivity index (χ0) is 32.8. The van der Waals surface area contributed by atoms with Crippen molar-refractivity contribution in [2.75, 3.05) is 6.54 Å². The summed E-state index contributed by atoms with van der Waals surface area (Å²) >= 11 is 0. The maximum absolute atomic E-state index is 5.66. The molecule has 0 aliphatic rings. The number of pyridine rings is 4. The molecule has 47 heavy (non-hydrogen) atoms. The van der Waals surface area contributed by atoms with Crippen LogP contribution in [0.1, 0.15) is 110 Å². The third kappa shape index (κ3) is 14.1. The summed E-state index contributed by atoms with van der Waals surface area (Å²) < 4.78 is 9.06. The molecule has 0 unspecified atom stereocenters. The van der Waals surface area contributed by atoms with Gasteiger partial charge in [0.1, 0.15) is 19.6 Å². The molecule has 5 heteroatoms. The monoisotopic (exact) mass is 638 g/mol. The molecule has 2 N–H and O–H groups in total. The minimum Gasteiger partial charge on any atom is -0.325 e. The van der Waals surface area contributed by atoms with Gasteiger partial charge in [0.2, 0.25) is 0 Å². The van der Waals surface area contributed by atoms with Gasteiger partial charge in [-0.15, -0.1) is 0 Å². The number of aromatic nitrogens is 4. The number of aryl methyl sites for hydroxylation is 3. The highest BCUT2D eigenvalue weighted by Gasteiger charge is 2.09. The smallest absolute Gasteiger partial charge is 0.169 e. The van der Waals surface area contributed by atoms with Gasteiger partial charge in [0.05, 0.1) is 6.54 Å². The summed E-state index contributed by atoms with van der Waals surface area (Å²) in [6.45, 7) is 7.01. The summed E-state index contributed by atoms with van der Waals surface area (Å²) in [5.74, 6) is 0. The second-order valence-electron chi connectivity index (χ2n) is 13.4. The average Bonchev–Trinajstić information content (AvgIpc) is 3.11. The highest BCUT2D eigenvalue weighted by molar-refractivity contribution is 5.61. The van der Waals surface area contributed by atoms with E-state index in [4.69, 9.17) is 5.73 Å². The highest BCUT2D eigenvalue weighted by atomic mass is 14.9. The second-order valence-corrected chi connectivity index (χ2v) is 13.4. The summed E-state index contributed by atoms with van der Waals surface area (Å²) in [5.41, 5.74) is 10.7. The minimum absolute atomic E-state index is 0.659. The Bertz CT molecular complexity index is 1350. The lowest BCUT2D eigenvalue weighted by Crippen LogP contribution is -2.36. The molecule has 0 amide bonds. The van der Waals surface area contributed by atoms with E-state index >= 15 is 0 Å². The Morgan fingerprint density at radius 3 is 0.851 bits per heavy atom. The van der Waals surface area contributed by atoms with Gasteiger partial charge in [0.15, 0.2) is 56.1 Å². The Labute approximate surface area is 286 Å². The van der Waals surface area contributed by atoms with Crippen molar-refractivity contribution in [1.29, 1.82) is 0 Å². The number of hydrogen-bond donors (Lipinski definition) is 1. The molecular formula is C42H63N5+4. The van der Waals surface area contributed by atoms with E-state index in [0.717, 1.165) is 39.0 Å². The number of hydrogen-bond acceptors (Lipinski definition) is 1. The molecule has 0 fully saturated rings. The molecule has 4 heterocycles. The lowest BCUT2D eigenvalue weighted by atomic mass is 10.0. The summed E-state index contributed by atoms with van der Waals surface area (Å²) in [6.07, 6.45) is 39.6. The summed E-state index contributed by atoms with van der Waals surface area (Å²) in [5, 5.41) is 0. The van der Waals surface area contributed by atoms with Crippen molar-refractivity contribution < 1.29 is 18.3 Å². The first-order chi connectivity index (χ1) is 23.2. The van der Waals surface area contributed by atoms with Crippen LogP contribution in [-0.4, -0.2) is 6.54 Å². The van der Waals surface area contributed by atoms with Gasteiger partial charge in [-0.2, -0.15) is 0 Å². The SMILES string of the molecule is CCCCCCCCCCCCCCCC[n+]1ccc(-c2cc[n+](CCCC[n+]3ccc(-c4cc[n+](CCN)cc4)cc3)cc2)cc1. The van der Waals surface area contributed by atoms with Crippen molar-refractivity contribution >= 4 is 0 Å². The molecule has 0 bridgehead atoms. The van der Waals surface area contributed by atoms with Crippen molar-refractivity contribution in [2.45, 2.75) is 136 Å². The molecule has 0 aliphatic carbocycles. The standard InChI is InChI=1S/C42H63N5/c1-2-3-4-5-6-7-8-9-10-11-12-13-14-15-27-44-30-18-39(19-31-44)40-20-32-45(33-21-40)28-16-17-29-46-34-22-41(23-35-46)42-24-36-47(37-25-42)38-26-43/h18-25,30-37H,2-17,26-29,38,43H2,1H3/q+4. The zero-order valence-corrected chi connectivity index (χ0v) is 29.5. The average molecular weight is 638 g/mol. The van der Waals surface area contributed by atoms with E-state index in [1.54, 1.807) is 0 Å². The lowest BCUT2D eigenvalue weighted by molar-refractivity contribution is -0.708. The van der Waals surface area contributed by atoms with Crippen LogP contribution < -0.4 is 24.0 Å². The summed E-state index contributed by atoms with van der Waals surface area (Å²) in [4.78, 5) is 0. The van der Waals surface area contributed by atoms with Crippen LogP contribution in [0.3, 0.4) is 0 Å². The first-order valence-electron chi connectivity index (χ1n) is 18.9. The molecule has 0 aromatic carbocycles. The largest absolute Gasteiger partial charge is 0.325 e. The predicted octanol–water partition coefficient (Wildman–Crippen LogP) is 8.09. The Balaban J connectivity index is 1.05. The molecule has 4 rings (SSSR count). The van der Waals surface area contributed by atoms with E-state index in [2.05, 4.69) is 123 Å². The van der Waals surface area contributed by atoms with E-state index < -0.39 is 0 Å². The molecule has 0 saturated carbocycles. The van der Waals surface area contributed by atoms with Crippen molar-refractivity contribution in [3.8, 4) is 22.3 Å². The molecule has 0 radical (unpaired) electrons. The number of unbranched alkanes of at least 4 members (excludes halogenated alkanes) is 14. The van der Waals surface area contributed by atoms with E-state index in [1.807, 2.05) is 0 Å². The predicted molar refractivity (Wildman–Crippen MR) is 193 cm³/mol. The summed E-state index contributed by atoms with van der Waals surface area (Å²) in [6, 6.07) is 17.8. The maximum Gasteiger partial charge on any atom is 0.169 e. The van der Waals surface area contributed by atoms with Gasteiger partial charge >= 0.3 is 0 Å². The van der Waals surface area contributed by atoms with E-state index in [0.29, 0.717) is 6.54 Å². The molecule has 0 aliphatic heterocycles. The van der Waals surface area contributed by atoms with E-state index in [-0.39, 0.29) is 0 Å². The molecule has 0 saturated heterocycles. The lowest BCUT2D eigenvalue weighted by Gasteiger charge is -2.03. The third-order valence-electron chi connectivity index (χ3n) is 9.47. The fourth-order valence-corrected chi connectivity index (χ4v) is 6.42. The quantitative estimate of drug-likeness (QED) is 0.0613. The van der Waals surface area contributed by atoms with Gasteiger partial charge in [0.25, 0.3) is 0 Å². The van der Waals surface area contributed by atoms with Crippen LogP contribution in [0.5, 0.6) is 0 Å². The first-order valence-corrected chi connectivity index (χ1v) is 18.9. The Hall–Kier alpha value is -3.44. The normalized spacial score (nSPS) is 11.3. The Morgan fingerprint density at radius 2 is 0.574 bits per heavy atom. The number of nitrogens with zero attached hydrogens (tertiary/aromatic N) is 4. The van der Waals surface area contributed by atoms with Gasteiger partial charge in [0, 0.05) is 67.8 Å². The number of rotatable bonds is 24. The van der Waals surface area contributed by atoms with E-state index in [9.17, 15) is 0 Å².